The topological polar surface area (TPSA) is 57.6 Å². The maximum atomic E-state index is 13.2. The normalized spacial score (nSPS) is 34.3. The number of carbonyl (C=O) groups is 2. The lowest BCUT2D eigenvalue weighted by Crippen LogP contribution is -2.39. The Balaban J connectivity index is 1.46. The number of nitrogens with zero attached hydrogens (tertiary/aromatic N) is 1. The molecule has 1 N–H and O–H groups in total. The Morgan fingerprint density at radius 2 is 1.65 bits per heavy atom. The van der Waals surface area contributed by atoms with Crippen LogP contribution in [0, 0.1) is 23.7 Å². The van der Waals surface area contributed by atoms with Crippen LogP contribution in [0.4, 0.5) is 0 Å². The number of hydrogen-bond acceptors (Lipinski definition) is 2. The summed E-state index contributed by atoms with van der Waals surface area (Å²) in [6.07, 6.45) is 8.47. The summed E-state index contributed by atoms with van der Waals surface area (Å²) in [7, 11) is 0. The van der Waals surface area contributed by atoms with Crippen LogP contribution in [0.1, 0.15) is 56.4 Å². The van der Waals surface area contributed by atoms with Crippen molar-refractivity contribution in [1.82, 2.24) is 4.90 Å². The van der Waals surface area contributed by atoms with Crippen molar-refractivity contribution in [3.63, 3.8) is 0 Å². The Kier molecular flexibility index (Phi) is 5.01. The Morgan fingerprint density at radius 3 is 2.38 bits per heavy atom. The van der Waals surface area contributed by atoms with Gasteiger partial charge in [0.05, 0.1) is 5.92 Å². The van der Waals surface area contributed by atoms with E-state index in [0.29, 0.717) is 19.0 Å². The lowest BCUT2D eigenvalue weighted by molar-refractivity contribution is -0.142. The van der Waals surface area contributed by atoms with Crippen LogP contribution >= 0.6 is 0 Å². The minimum atomic E-state index is -0.787. The van der Waals surface area contributed by atoms with Gasteiger partial charge in [0.2, 0.25) is 5.91 Å². The molecule has 5 unspecified atom stereocenters. The molecule has 4 rings (SSSR count). The number of likely N-dealkylation sites (tertiary alicyclic amines) is 1. The molecule has 1 aromatic carbocycles. The van der Waals surface area contributed by atoms with Crippen LogP contribution in [-0.2, 0) is 9.59 Å². The first-order chi connectivity index (χ1) is 12.6. The molecule has 1 aromatic rings. The fraction of sp³-hybridized carbons (Fsp3) is 0.636. The fourth-order valence-electron chi connectivity index (χ4n) is 5.63. The van der Waals surface area contributed by atoms with E-state index in [4.69, 9.17) is 0 Å². The molecule has 3 aliphatic rings. The molecule has 0 spiro atoms. The van der Waals surface area contributed by atoms with Crippen LogP contribution in [0.15, 0.2) is 30.3 Å². The molecule has 0 radical (unpaired) electrons. The van der Waals surface area contributed by atoms with E-state index in [1.54, 1.807) is 0 Å². The highest BCUT2D eigenvalue weighted by Gasteiger charge is 2.43. The molecule has 0 bridgehead atoms. The van der Waals surface area contributed by atoms with Crippen LogP contribution in [0.5, 0.6) is 0 Å². The predicted molar refractivity (Wildman–Crippen MR) is 99.7 cm³/mol. The number of benzene rings is 1. The van der Waals surface area contributed by atoms with E-state index in [-0.39, 0.29) is 17.7 Å². The summed E-state index contributed by atoms with van der Waals surface area (Å²) in [6, 6.07) is 9.82. The molecule has 5 atom stereocenters. The SMILES string of the molecule is O=C(O)C1CN(C(=O)C2CCC3CCCCC3C2)CC1c1ccccc1. The third-order valence-corrected chi connectivity index (χ3v) is 7.07. The predicted octanol–water partition coefficient (Wildman–Crippen LogP) is 3.92. The average molecular weight is 355 g/mol. The van der Waals surface area contributed by atoms with Crippen molar-refractivity contribution in [2.24, 2.45) is 23.7 Å². The summed E-state index contributed by atoms with van der Waals surface area (Å²) in [5, 5.41) is 9.67. The van der Waals surface area contributed by atoms with E-state index in [1.807, 2.05) is 35.2 Å². The van der Waals surface area contributed by atoms with Gasteiger partial charge in [-0.05, 0) is 36.7 Å². The molecule has 2 aliphatic carbocycles. The van der Waals surface area contributed by atoms with E-state index < -0.39 is 11.9 Å². The van der Waals surface area contributed by atoms with Crippen LogP contribution in [-0.4, -0.2) is 35.0 Å². The molecular formula is C22H29NO3. The van der Waals surface area contributed by atoms with E-state index >= 15 is 0 Å². The number of carboxylic acid groups (broad SMARTS) is 1. The first-order valence-electron chi connectivity index (χ1n) is 10.2. The van der Waals surface area contributed by atoms with Crippen molar-refractivity contribution in [3.05, 3.63) is 35.9 Å². The Labute approximate surface area is 155 Å². The summed E-state index contributed by atoms with van der Waals surface area (Å²) < 4.78 is 0. The second kappa shape index (κ2) is 7.42. The zero-order valence-electron chi connectivity index (χ0n) is 15.3. The van der Waals surface area contributed by atoms with Gasteiger partial charge in [-0.1, -0.05) is 56.0 Å². The van der Waals surface area contributed by atoms with Gasteiger partial charge in [0, 0.05) is 24.9 Å². The van der Waals surface area contributed by atoms with Crippen LogP contribution in [0.25, 0.3) is 0 Å². The Hall–Kier alpha value is -1.84. The van der Waals surface area contributed by atoms with E-state index in [2.05, 4.69) is 0 Å². The van der Waals surface area contributed by atoms with Crippen molar-refractivity contribution in [2.45, 2.75) is 50.9 Å². The van der Waals surface area contributed by atoms with Gasteiger partial charge in [0.15, 0.2) is 0 Å². The van der Waals surface area contributed by atoms with Crippen LogP contribution in [0.3, 0.4) is 0 Å². The summed E-state index contributed by atoms with van der Waals surface area (Å²) in [5.74, 6) is 0.489. The van der Waals surface area contributed by atoms with Crippen molar-refractivity contribution in [1.29, 1.82) is 0 Å². The molecule has 140 valence electrons. The molecule has 4 heteroatoms. The zero-order chi connectivity index (χ0) is 18.1. The van der Waals surface area contributed by atoms with Gasteiger partial charge in [-0.3, -0.25) is 9.59 Å². The highest BCUT2D eigenvalue weighted by atomic mass is 16.4. The highest BCUT2D eigenvalue weighted by molar-refractivity contribution is 5.81. The van der Waals surface area contributed by atoms with Crippen LogP contribution < -0.4 is 0 Å². The second-order valence-electron chi connectivity index (χ2n) is 8.52. The number of fused-ring (bicyclic) bond motifs is 1. The van der Waals surface area contributed by atoms with Gasteiger partial charge in [-0.25, -0.2) is 0 Å². The van der Waals surface area contributed by atoms with Gasteiger partial charge >= 0.3 is 5.97 Å². The summed E-state index contributed by atoms with van der Waals surface area (Å²) in [4.78, 5) is 26.8. The maximum Gasteiger partial charge on any atom is 0.308 e. The van der Waals surface area contributed by atoms with E-state index in [9.17, 15) is 14.7 Å². The number of carbonyl (C=O) groups excluding carboxylic acids is 1. The molecule has 2 saturated carbocycles. The average Bonchev–Trinajstić information content (AvgIpc) is 3.13. The third kappa shape index (κ3) is 3.38. The molecule has 1 amide bonds. The van der Waals surface area contributed by atoms with Crippen LogP contribution in [0.2, 0.25) is 0 Å². The minimum absolute atomic E-state index is 0.0938. The van der Waals surface area contributed by atoms with E-state index in [0.717, 1.165) is 24.3 Å². The number of rotatable bonds is 3. The maximum absolute atomic E-state index is 13.2. The molecule has 26 heavy (non-hydrogen) atoms. The number of amides is 1. The molecule has 1 heterocycles. The number of carboxylic acids is 1. The lowest BCUT2D eigenvalue weighted by atomic mass is 9.67. The van der Waals surface area contributed by atoms with Crippen molar-refractivity contribution in [3.8, 4) is 0 Å². The monoisotopic (exact) mass is 355 g/mol. The van der Waals surface area contributed by atoms with Gasteiger partial charge in [0.25, 0.3) is 0 Å². The smallest absolute Gasteiger partial charge is 0.308 e. The number of aliphatic carboxylic acids is 1. The van der Waals surface area contributed by atoms with Crippen molar-refractivity contribution < 1.29 is 14.7 Å². The zero-order valence-corrected chi connectivity index (χ0v) is 15.3. The first-order valence-corrected chi connectivity index (χ1v) is 10.2. The van der Waals surface area contributed by atoms with Gasteiger partial charge in [-0.15, -0.1) is 0 Å². The summed E-state index contributed by atoms with van der Waals surface area (Å²) in [6.45, 7) is 0.905. The second-order valence-corrected chi connectivity index (χ2v) is 8.52. The van der Waals surface area contributed by atoms with Gasteiger partial charge in [-0.2, -0.15) is 0 Å². The van der Waals surface area contributed by atoms with Gasteiger partial charge < -0.3 is 10.0 Å². The molecule has 0 aromatic heterocycles. The standard InChI is InChI=1S/C22H29NO3/c24-21(18-11-10-15-6-4-5-9-17(15)12-18)23-13-19(20(14-23)22(25)26)16-7-2-1-3-8-16/h1-3,7-8,15,17-20H,4-6,9-14H2,(H,25,26). The summed E-state index contributed by atoms with van der Waals surface area (Å²) in [5.41, 5.74) is 1.03. The van der Waals surface area contributed by atoms with Crippen molar-refractivity contribution in [2.75, 3.05) is 13.1 Å². The molecule has 1 saturated heterocycles. The first kappa shape index (κ1) is 17.6. The van der Waals surface area contributed by atoms with Crippen molar-refractivity contribution >= 4 is 11.9 Å². The van der Waals surface area contributed by atoms with Gasteiger partial charge in [0.1, 0.15) is 0 Å². The highest BCUT2D eigenvalue weighted by Crippen LogP contribution is 2.44. The largest absolute Gasteiger partial charge is 0.481 e. The lowest BCUT2D eigenvalue weighted by Gasteiger charge is -2.39. The number of hydrogen-bond donors (Lipinski definition) is 1. The quantitative estimate of drug-likeness (QED) is 0.894. The molecule has 3 fully saturated rings. The Bertz CT molecular complexity index is 659. The fourth-order valence-corrected chi connectivity index (χ4v) is 5.63. The molecule has 1 aliphatic heterocycles. The Morgan fingerprint density at radius 1 is 0.923 bits per heavy atom. The summed E-state index contributed by atoms with van der Waals surface area (Å²) >= 11 is 0. The molecule has 4 nitrogen and oxygen atoms in total. The van der Waals surface area contributed by atoms with E-state index in [1.165, 1.54) is 32.1 Å². The molecular weight excluding hydrogens is 326 g/mol. The third-order valence-electron chi connectivity index (χ3n) is 7.07. The minimum Gasteiger partial charge on any atom is -0.481 e.